The lowest BCUT2D eigenvalue weighted by atomic mass is 10.2. The molecule has 2 aromatic carbocycles. The molecule has 0 spiro atoms. The molecular formula is C19H21F3N2O. The summed E-state index contributed by atoms with van der Waals surface area (Å²) in [4.78, 5) is 0. The van der Waals surface area contributed by atoms with Crippen molar-refractivity contribution in [1.29, 1.82) is 0 Å². The Morgan fingerprint density at radius 3 is 2.32 bits per heavy atom. The van der Waals surface area contributed by atoms with Crippen molar-refractivity contribution in [3.05, 3.63) is 53.3 Å². The molecular weight excluding hydrogens is 329 g/mol. The molecule has 2 rings (SSSR count). The van der Waals surface area contributed by atoms with Crippen LogP contribution < -0.4 is 4.74 Å². The van der Waals surface area contributed by atoms with E-state index in [-0.39, 0.29) is 6.61 Å². The topological polar surface area (TPSA) is 34.0 Å². The van der Waals surface area contributed by atoms with Gasteiger partial charge in [-0.25, -0.2) is 8.78 Å². The van der Waals surface area contributed by atoms with Crippen LogP contribution in [0.5, 0.6) is 5.75 Å². The van der Waals surface area contributed by atoms with E-state index in [4.69, 9.17) is 4.74 Å². The third-order valence-electron chi connectivity index (χ3n) is 3.65. The maximum Gasteiger partial charge on any atom is 0.206 e. The Morgan fingerprint density at radius 1 is 0.920 bits per heavy atom. The first-order valence-corrected chi connectivity index (χ1v) is 8.31. The SMILES string of the molecule is CCCCCCOc1c(F)cc(/N=N/c2ccc(C)cc2)c(F)c1F. The molecule has 0 N–H and O–H groups in total. The highest BCUT2D eigenvalue weighted by molar-refractivity contribution is 5.46. The van der Waals surface area contributed by atoms with Crippen molar-refractivity contribution in [1.82, 2.24) is 0 Å². The smallest absolute Gasteiger partial charge is 0.206 e. The minimum Gasteiger partial charge on any atom is -0.488 e. The maximum atomic E-state index is 14.1. The molecule has 0 amide bonds. The fourth-order valence-electron chi connectivity index (χ4n) is 2.20. The van der Waals surface area contributed by atoms with E-state index in [1.807, 2.05) is 6.92 Å². The molecule has 0 heterocycles. The van der Waals surface area contributed by atoms with Gasteiger partial charge in [0, 0.05) is 6.07 Å². The van der Waals surface area contributed by atoms with Gasteiger partial charge < -0.3 is 4.74 Å². The Labute approximate surface area is 145 Å². The summed E-state index contributed by atoms with van der Waals surface area (Å²) in [5, 5.41) is 7.40. The van der Waals surface area contributed by atoms with Gasteiger partial charge >= 0.3 is 0 Å². The fourth-order valence-corrected chi connectivity index (χ4v) is 2.20. The molecule has 0 aliphatic heterocycles. The number of benzene rings is 2. The molecule has 0 saturated heterocycles. The first-order valence-electron chi connectivity index (χ1n) is 8.31. The van der Waals surface area contributed by atoms with E-state index in [0.29, 0.717) is 12.1 Å². The van der Waals surface area contributed by atoms with Crippen molar-refractivity contribution in [3.63, 3.8) is 0 Å². The van der Waals surface area contributed by atoms with Crippen LogP contribution in [0.15, 0.2) is 40.6 Å². The number of ether oxygens (including phenoxy) is 1. The van der Waals surface area contributed by atoms with Gasteiger partial charge in [-0.2, -0.15) is 9.50 Å². The van der Waals surface area contributed by atoms with Crippen molar-refractivity contribution in [2.45, 2.75) is 39.5 Å². The second-order valence-electron chi connectivity index (χ2n) is 5.78. The predicted octanol–water partition coefficient (Wildman–Crippen LogP) is 6.79. The summed E-state index contributed by atoms with van der Waals surface area (Å²) in [6.45, 7) is 4.10. The Balaban J connectivity index is 2.12. The van der Waals surface area contributed by atoms with Crippen LogP contribution in [-0.4, -0.2) is 6.61 Å². The lowest BCUT2D eigenvalue weighted by Crippen LogP contribution is -2.03. The van der Waals surface area contributed by atoms with Gasteiger partial charge in [-0.1, -0.05) is 43.9 Å². The van der Waals surface area contributed by atoms with Crippen LogP contribution >= 0.6 is 0 Å². The molecule has 0 saturated carbocycles. The second kappa shape index (κ2) is 9.20. The number of unbranched alkanes of at least 4 members (excludes halogenated alkanes) is 3. The zero-order valence-electron chi connectivity index (χ0n) is 14.4. The van der Waals surface area contributed by atoms with Gasteiger partial charge in [-0.15, -0.1) is 5.11 Å². The van der Waals surface area contributed by atoms with E-state index in [0.717, 1.165) is 30.9 Å². The van der Waals surface area contributed by atoms with E-state index in [1.165, 1.54) is 0 Å². The molecule has 0 unspecified atom stereocenters. The van der Waals surface area contributed by atoms with Crippen LogP contribution in [0, 0.1) is 24.4 Å². The largest absolute Gasteiger partial charge is 0.488 e. The molecule has 3 nitrogen and oxygen atoms in total. The van der Waals surface area contributed by atoms with Gasteiger partial charge in [0.25, 0.3) is 0 Å². The molecule has 0 aliphatic rings. The molecule has 0 bridgehead atoms. The molecule has 134 valence electrons. The van der Waals surface area contributed by atoms with Gasteiger partial charge in [0.15, 0.2) is 17.4 Å². The lowest BCUT2D eigenvalue weighted by Gasteiger charge is -2.09. The Bertz CT molecular complexity index is 730. The Hall–Kier alpha value is -2.37. The Kier molecular flexibility index (Phi) is 6.98. The Morgan fingerprint density at radius 2 is 1.64 bits per heavy atom. The molecule has 0 aromatic heterocycles. The van der Waals surface area contributed by atoms with Crippen LogP contribution in [0.1, 0.15) is 38.2 Å². The monoisotopic (exact) mass is 350 g/mol. The number of azo groups is 1. The number of halogens is 3. The van der Waals surface area contributed by atoms with E-state index < -0.39 is 28.9 Å². The molecule has 2 aromatic rings. The summed E-state index contributed by atoms with van der Waals surface area (Å²) in [6, 6.07) is 7.76. The quantitative estimate of drug-likeness (QED) is 0.293. The molecule has 0 fully saturated rings. The van der Waals surface area contributed by atoms with Crippen LogP contribution in [0.4, 0.5) is 24.5 Å². The average Bonchev–Trinajstić information content (AvgIpc) is 2.60. The van der Waals surface area contributed by atoms with E-state index in [9.17, 15) is 13.2 Å². The third kappa shape index (κ3) is 5.31. The highest BCUT2D eigenvalue weighted by atomic mass is 19.2. The van der Waals surface area contributed by atoms with E-state index >= 15 is 0 Å². The number of nitrogens with zero attached hydrogens (tertiary/aromatic N) is 2. The number of rotatable bonds is 8. The second-order valence-corrected chi connectivity index (χ2v) is 5.78. The molecule has 0 aliphatic carbocycles. The zero-order valence-corrected chi connectivity index (χ0v) is 14.4. The predicted molar refractivity (Wildman–Crippen MR) is 91.3 cm³/mol. The fraction of sp³-hybridized carbons (Fsp3) is 0.368. The van der Waals surface area contributed by atoms with Crippen LogP contribution in [0.2, 0.25) is 0 Å². The van der Waals surface area contributed by atoms with Gasteiger partial charge in [0.2, 0.25) is 5.82 Å². The summed E-state index contributed by atoms with van der Waals surface area (Å²) in [7, 11) is 0. The minimum atomic E-state index is -1.38. The maximum absolute atomic E-state index is 14.1. The molecule has 25 heavy (non-hydrogen) atoms. The van der Waals surface area contributed by atoms with Gasteiger partial charge in [0.1, 0.15) is 5.69 Å². The summed E-state index contributed by atoms with van der Waals surface area (Å²) < 4.78 is 47.2. The summed E-state index contributed by atoms with van der Waals surface area (Å²) in [5.41, 5.74) is 0.985. The van der Waals surface area contributed by atoms with Crippen molar-refractivity contribution < 1.29 is 17.9 Å². The first kappa shape index (κ1) is 19.0. The minimum absolute atomic E-state index is 0.136. The van der Waals surface area contributed by atoms with Crippen LogP contribution in [0.3, 0.4) is 0 Å². The summed E-state index contributed by atoms with van der Waals surface area (Å²) in [5.74, 6) is -4.36. The normalized spacial score (nSPS) is 11.2. The molecule has 6 heteroatoms. The van der Waals surface area contributed by atoms with E-state index in [1.54, 1.807) is 24.3 Å². The highest BCUT2D eigenvalue weighted by Gasteiger charge is 2.20. The van der Waals surface area contributed by atoms with Crippen LogP contribution in [-0.2, 0) is 0 Å². The zero-order chi connectivity index (χ0) is 18.2. The van der Waals surface area contributed by atoms with Gasteiger partial charge in [-0.3, -0.25) is 0 Å². The highest BCUT2D eigenvalue weighted by Crippen LogP contribution is 2.32. The van der Waals surface area contributed by atoms with Crippen molar-refractivity contribution in [2.75, 3.05) is 6.61 Å². The summed E-state index contributed by atoms with van der Waals surface area (Å²) >= 11 is 0. The van der Waals surface area contributed by atoms with E-state index in [2.05, 4.69) is 17.2 Å². The third-order valence-corrected chi connectivity index (χ3v) is 3.65. The van der Waals surface area contributed by atoms with Crippen molar-refractivity contribution in [2.24, 2.45) is 10.2 Å². The number of hydrogen-bond donors (Lipinski definition) is 0. The standard InChI is InChI=1S/C19H21F3N2O/c1-3-4-5-6-11-25-19-15(20)12-16(17(21)18(19)22)24-23-14-9-7-13(2)8-10-14/h7-10,12H,3-6,11H2,1-2H3/b24-23+. The molecule has 0 atom stereocenters. The first-order chi connectivity index (χ1) is 12.0. The average molecular weight is 350 g/mol. The number of hydrogen-bond acceptors (Lipinski definition) is 3. The van der Waals surface area contributed by atoms with Gasteiger partial charge in [0.05, 0.1) is 12.3 Å². The van der Waals surface area contributed by atoms with Crippen molar-refractivity contribution in [3.8, 4) is 5.75 Å². The number of aryl methyl sites for hydroxylation is 1. The molecule has 0 radical (unpaired) electrons. The lowest BCUT2D eigenvalue weighted by molar-refractivity contribution is 0.270. The van der Waals surface area contributed by atoms with Crippen LogP contribution in [0.25, 0.3) is 0 Å². The van der Waals surface area contributed by atoms with Crippen molar-refractivity contribution >= 4 is 11.4 Å². The summed E-state index contributed by atoms with van der Waals surface area (Å²) in [6.07, 6.45) is 3.60. The van der Waals surface area contributed by atoms with Gasteiger partial charge in [-0.05, 0) is 25.5 Å².